The van der Waals surface area contributed by atoms with Gasteiger partial charge in [0.1, 0.15) is 15.4 Å². The van der Waals surface area contributed by atoms with Crippen LogP contribution in [0.2, 0.25) is 0 Å². The van der Waals surface area contributed by atoms with Crippen LogP contribution in [0.15, 0.2) is 23.3 Å². The van der Waals surface area contributed by atoms with Gasteiger partial charge in [-0.1, -0.05) is 0 Å². The van der Waals surface area contributed by atoms with Gasteiger partial charge in [0.25, 0.3) is 5.91 Å². The highest BCUT2D eigenvalue weighted by atomic mass is 32.1. The number of aryl methyl sites for hydroxylation is 1. The molecule has 2 aromatic rings. The van der Waals surface area contributed by atoms with Crippen molar-refractivity contribution in [2.75, 3.05) is 0 Å². The Labute approximate surface area is 117 Å². The van der Waals surface area contributed by atoms with Crippen molar-refractivity contribution in [3.05, 3.63) is 49.8 Å². The molecule has 3 N–H and O–H groups in total. The number of amides is 1. The van der Waals surface area contributed by atoms with Crippen LogP contribution in [0.25, 0.3) is 0 Å². The number of aromatic nitrogens is 2. The lowest BCUT2D eigenvalue weighted by Crippen LogP contribution is -2.27. The van der Waals surface area contributed by atoms with Crippen molar-refractivity contribution in [1.82, 2.24) is 15.3 Å². The molecule has 7 nitrogen and oxygen atoms in total. The van der Waals surface area contributed by atoms with Crippen LogP contribution in [0, 0.1) is 6.92 Å². The van der Waals surface area contributed by atoms with Gasteiger partial charge in [0.15, 0.2) is 5.43 Å². The van der Waals surface area contributed by atoms with E-state index in [-0.39, 0.29) is 22.4 Å². The normalized spacial score (nSPS) is 10.2. The Kier molecular flexibility index (Phi) is 3.94. The number of carbonyl (C=O) groups is 2. The van der Waals surface area contributed by atoms with E-state index in [9.17, 15) is 14.4 Å². The first-order valence-corrected chi connectivity index (χ1v) is 6.45. The largest absolute Gasteiger partial charge is 0.477 e. The zero-order chi connectivity index (χ0) is 14.7. The van der Waals surface area contributed by atoms with Gasteiger partial charge in [0.05, 0.1) is 12.2 Å². The highest BCUT2D eigenvalue weighted by Crippen LogP contribution is 2.17. The molecule has 0 unspecified atom stereocenters. The van der Waals surface area contributed by atoms with Crippen molar-refractivity contribution in [1.29, 1.82) is 0 Å². The second-order valence-electron chi connectivity index (χ2n) is 3.93. The second-order valence-corrected chi connectivity index (χ2v) is 5.02. The summed E-state index contributed by atoms with van der Waals surface area (Å²) in [4.78, 5) is 41.0. The third-order valence-corrected chi connectivity index (χ3v) is 3.65. The molecule has 0 bridgehead atoms. The molecule has 0 atom stereocenters. The van der Waals surface area contributed by atoms with Gasteiger partial charge in [-0.25, -0.2) is 9.78 Å². The van der Waals surface area contributed by atoms with Gasteiger partial charge in [-0.05, 0) is 6.92 Å². The molecule has 20 heavy (non-hydrogen) atoms. The molecular formula is C12H11N3O4S. The summed E-state index contributed by atoms with van der Waals surface area (Å²) >= 11 is 0.998. The fourth-order valence-corrected chi connectivity index (χ4v) is 2.41. The monoisotopic (exact) mass is 293 g/mol. The summed E-state index contributed by atoms with van der Waals surface area (Å²) < 4.78 is 0. The number of pyridine rings is 1. The Hall–Kier alpha value is -2.48. The molecular weight excluding hydrogens is 282 g/mol. The fourth-order valence-electron chi connectivity index (χ4n) is 1.57. The van der Waals surface area contributed by atoms with Crippen LogP contribution in [-0.2, 0) is 6.54 Å². The molecule has 8 heteroatoms. The number of nitrogens with one attached hydrogen (secondary N) is 2. The molecule has 2 rings (SSSR count). The highest BCUT2D eigenvalue weighted by Gasteiger charge is 2.15. The summed E-state index contributed by atoms with van der Waals surface area (Å²) in [6, 6.07) is 1.25. The van der Waals surface area contributed by atoms with Gasteiger partial charge in [0, 0.05) is 18.5 Å². The smallest absolute Gasteiger partial charge is 0.347 e. The third kappa shape index (κ3) is 2.91. The maximum Gasteiger partial charge on any atom is 0.347 e. The molecule has 0 aliphatic carbocycles. The van der Waals surface area contributed by atoms with E-state index in [1.807, 2.05) is 0 Å². The average molecular weight is 293 g/mol. The number of nitrogens with zero attached hydrogens (tertiary/aromatic N) is 1. The van der Waals surface area contributed by atoms with Gasteiger partial charge in [-0.3, -0.25) is 9.59 Å². The number of carboxylic acids is 1. The van der Waals surface area contributed by atoms with Crippen molar-refractivity contribution in [3.63, 3.8) is 0 Å². The molecule has 2 aromatic heterocycles. The maximum absolute atomic E-state index is 11.8. The molecule has 104 valence electrons. The van der Waals surface area contributed by atoms with E-state index in [1.165, 1.54) is 18.5 Å². The number of thiazole rings is 1. The van der Waals surface area contributed by atoms with Crippen LogP contribution in [0.5, 0.6) is 0 Å². The van der Waals surface area contributed by atoms with Gasteiger partial charge in [-0.15, -0.1) is 11.3 Å². The Morgan fingerprint density at radius 1 is 1.50 bits per heavy atom. The van der Waals surface area contributed by atoms with Gasteiger partial charge in [0.2, 0.25) is 0 Å². The van der Waals surface area contributed by atoms with Crippen LogP contribution in [0.1, 0.15) is 30.7 Å². The van der Waals surface area contributed by atoms with Crippen molar-refractivity contribution >= 4 is 23.2 Å². The first-order valence-electron chi connectivity index (χ1n) is 5.64. The van der Waals surface area contributed by atoms with E-state index in [0.717, 1.165) is 11.3 Å². The van der Waals surface area contributed by atoms with Crippen LogP contribution < -0.4 is 10.7 Å². The lowest BCUT2D eigenvalue weighted by atomic mass is 10.2. The molecule has 0 spiro atoms. The highest BCUT2D eigenvalue weighted by molar-refractivity contribution is 7.13. The number of hydrogen-bond acceptors (Lipinski definition) is 5. The predicted molar refractivity (Wildman–Crippen MR) is 72.0 cm³/mol. The summed E-state index contributed by atoms with van der Waals surface area (Å²) in [5, 5.41) is 11.9. The van der Waals surface area contributed by atoms with E-state index in [1.54, 1.807) is 6.92 Å². The molecule has 0 aliphatic heterocycles. The maximum atomic E-state index is 11.8. The van der Waals surface area contributed by atoms with Gasteiger partial charge < -0.3 is 15.4 Å². The van der Waals surface area contributed by atoms with Gasteiger partial charge in [-0.2, -0.15) is 0 Å². The summed E-state index contributed by atoms with van der Waals surface area (Å²) in [7, 11) is 0. The Morgan fingerprint density at radius 3 is 2.85 bits per heavy atom. The molecule has 0 radical (unpaired) electrons. The molecule has 0 saturated carbocycles. The summed E-state index contributed by atoms with van der Waals surface area (Å²) in [6.45, 7) is 1.67. The van der Waals surface area contributed by atoms with Crippen LogP contribution >= 0.6 is 11.3 Å². The Balaban J connectivity index is 2.08. The van der Waals surface area contributed by atoms with Crippen molar-refractivity contribution in [2.45, 2.75) is 13.5 Å². The first-order chi connectivity index (χ1) is 9.49. The number of carbonyl (C=O) groups excluding carboxylic acids is 1. The van der Waals surface area contributed by atoms with Gasteiger partial charge >= 0.3 is 5.97 Å². The van der Waals surface area contributed by atoms with E-state index < -0.39 is 11.9 Å². The van der Waals surface area contributed by atoms with Crippen LogP contribution in [-0.4, -0.2) is 27.0 Å². The topological polar surface area (TPSA) is 112 Å². The Bertz CT molecular complexity index is 719. The second kappa shape index (κ2) is 5.66. The van der Waals surface area contributed by atoms with Crippen LogP contribution in [0.3, 0.4) is 0 Å². The number of hydrogen-bond donors (Lipinski definition) is 3. The number of aromatic amines is 1. The first kappa shape index (κ1) is 13.9. The van der Waals surface area contributed by atoms with E-state index in [4.69, 9.17) is 5.11 Å². The molecule has 0 aromatic carbocycles. The van der Waals surface area contributed by atoms with E-state index in [0.29, 0.717) is 10.7 Å². The summed E-state index contributed by atoms with van der Waals surface area (Å²) in [5.41, 5.74) is 0.0198. The zero-order valence-electron chi connectivity index (χ0n) is 10.5. The Morgan fingerprint density at radius 2 is 2.25 bits per heavy atom. The van der Waals surface area contributed by atoms with Crippen molar-refractivity contribution in [3.8, 4) is 0 Å². The summed E-state index contributed by atoms with van der Waals surface area (Å²) in [6.07, 6.45) is 2.75. The number of carboxylic acid groups (broad SMARTS) is 1. The lowest BCUT2D eigenvalue weighted by molar-refractivity contribution is 0.0701. The predicted octanol–water partition coefficient (Wildman–Crippen LogP) is 0.768. The van der Waals surface area contributed by atoms with Crippen molar-refractivity contribution in [2.24, 2.45) is 0 Å². The minimum atomic E-state index is -1.04. The third-order valence-electron chi connectivity index (χ3n) is 2.50. The molecule has 1 amide bonds. The number of H-pyrrole nitrogens is 1. The minimum absolute atomic E-state index is 0.000707. The number of rotatable bonds is 4. The van der Waals surface area contributed by atoms with E-state index in [2.05, 4.69) is 15.3 Å². The molecule has 0 aliphatic rings. The SMILES string of the molecule is Cc1nc(CNC(=O)c2c[nH]ccc2=O)sc1C(=O)O. The zero-order valence-corrected chi connectivity index (χ0v) is 11.3. The lowest BCUT2D eigenvalue weighted by Gasteiger charge is -2.01. The number of aromatic carboxylic acids is 1. The molecule has 2 heterocycles. The molecule has 0 fully saturated rings. The minimum Gasteiger partial charge on any atom is -0.477 e. The summed E-state index contributed by atoms with van der Waals surface area (Å²) in [5.74, 6) is -1.58. The van der Waals surface area contributed by atoms with Crippen LogP contribution in [0.4, 0.5) is 0 Å². The quantitative estimate of drug-likeness (QED) is 0.770. The average Bonchev–Trinajstić information content (AvgIpc) is 2.78. The standard InChI is InChI=1S/C12H11N3O4S/c1-6-10(12(18)19)20-9(15-6)5-14-11(17)7-4-13-3-2-8(7)16/h2-4H,5H2,1H3,(H,13,16)(H,14,17)(H,18,19). The van der Waals surface area contributed by atoms with Crippen molar-refractivity contribution < 1.29 is 14.7 Å². The molecule has 0 saturated heterocycles. The van der Waals surface area contributed by atoms with E-state index >= 15 is 0 Å². The fraction of sp³-hybridized carbons (Fsp3) is 0.167.